The summed E-state index contributed by atoms with van der Waals surface area (Å²) < 4.78 is 0. The molecule has 100 valence electrons. The number of hydrogen-bond donors (Lipinski definition) is 0. The summed E-state index contributed by atoms with van der Waals surface area (Å²) in [5.41, 5.74) is 0.410. The Labute approximate surface area is 109 Å². The number of unbranched alkanes of at least 4 members (excludes halogenated alkanes) is 4. The summed E-state index contributed by atoms with van der Waals surface area (Å²) in [6.07, 6.45) is 16.0. The maximum absolute atomic E-state index is 3.87. The van der Waals surface area contributed by atoms with Crippen LogP contribution in [0.1, 0.15) is 72.6 Å². The average molecular weight is 236 g/mol. The highest BCUT2D eigenvalue weighted by molar-refractivity contribution is 4.90. The smallest absolute Gasteiger partial charge is 0.0259 e. The number of allylic oxidation sites excluding steroid dienone is 3. The molecule has 0 spiro atoms. The zero-order chi connectivity index (χ0) is 13.1. The summed E-state index contributed by atoms with van der Waals surface area (Å²) >= 11 is 0. The van der Waals surface area contributed by atoms with E-state index in [0.717, 1.165) is 0 Å². The van der Waals surface area contributed by atoms with Crippen molar-refractivity contribution in [1.82, 2.24) is 0 Å². The second kappa shape index (κ2) is 9.50. The SMILES string of the molecule is C=CC(C)CC(C)(C)CC=CCCCCCC. The van der Waals surface area contributed by atoms with E-state index in [0.29, 0.717) is 11.3 Å². The van der Waals surface area contributed by atoms with E-state index in [1.54, 1.807) is 0 Å². The van der Waals surface area contributed by atoms with Crippen molar-refractivity contribution in [3.05, 3.63) is 24.8 Å². The van der Waals surface area contributed by atoms with Gasteiger partial charge in [-0.3, -0.25) is 0 Å². The molecule has 17 heavy (non-hydrogen) atoms. The molecule has 0 aromatic heterocycles. The Hall–Kier alpha value is -0.520. The lowest BCUT2D eigenvalue weighted by Crippen LogP contribution is -2.13. The Morgan fingerprint density at radius 1 is 1.12 bits per heavy atom. The van der Waals surface area contributed by atoms with Gasteiger partial charge in [-0.25, -0.2) is 0 Å². The van der Waals surface area contributed by atoms with Gasteiger partial charge in [0.15, 0.2) is 0 Å². The molecule has 0 saturated heterocycles. The van der Waals surface area contributed by atoms with Crippen LogP contribution in [-0.2, 0) is 0 Å². The van der Waals surface area contributed by atoms with Gasteiger partial charge in [0.05, 0.1) is 0 Å². The van der Waals surface area contributed by atoms with E-state index in [1.807, 2.05) is 0 Å². The zero-order valence-electron chi connectivity index (χ0n) is 12.5. The number of rotatable bonds is 10. The van der Waals surface area contributed by atoms with Crippen LogP contribution in [0.2, 0.25) is 0 Å². The zero-order valence-corrected chi connectivity index (χ0v) is 12.5. The van der Waals surface area contributed by atoms with Gasteiger partial charge in [0, 0.05) is 0 Å². The molecule has 0 aromatic rings. The average Bonchev–Trinajstić information content (AvgIpc) is 2.27. The van der Waals surface area contributed by atoms with E-state index >= 15 is 0 Å². The molecular formula is C17H32. The van der Waals surface area contributed by atoms with Gasteiger partial charge >= 0.3 is 0 Å². The van der Waals surface area contributed by atoms with Gasteiger partial charge in [-0.2, -0.15) is 0 Å². The van der Waals surface area contributed by atoms with Crippen molar-refractivity contribution in [3.63, 3.8) is 0 Å². The molecule has 0 saturated carbocycles. The molecule has 0 N–H and O–H groups in total. The lowest BCUT2D eigenvalue weighted by Gasteiger charge is -2.25. The van der Waals surface area contributed by atoms with E-state index in [1.165, 1.54) is 44.9 Å². The predicted octanol–water partition coefficient (Wildman–Crippen LogP) is 6.14. The Balaban J connectivity index is 3.69. The summed E-state index contributed by atoms with van der Waals surface area (Å²) in [5, 5.41) is 0. The molecule has 0 amide bonds. The summed E-state index contributed by atoms with van der Waals surface area (Å²) in [6, 6.07) is 0. The van der Waals surface area contributed by atoms with E-state index < -0.39 is 0 Å². The van der Waals surface area contributed by atoms with Crippen molar-refractivity contribution < 1.29 is 0 Å². The highest BCUT2D eigenvalue weighted by Gasteiger charge is 2.17. The molecule has 0 heterocycles. The van der Waals surface area contributed by atoms with Crippen molar-refractivity contribution >= 4 is 0 Å². The summed E-state index contributed by atoms with van der Waals surface area (Å²) in [6.45, 7) is 13.1. The maximum atomic E-state index is 3.87. The minimum atomic E-state index is 0.410. The van der Waals surface area contributed by atoms with Gasteiger partial charge in [0.25, 0.3) is 0 Å². The first-order valence-corrected chi connectivity index (χ1v) is 7.29. The first-order chi connectivity index (χ1) is 8.02. The van der Waals surface area contributed by atoms with Gasteiger partial charge < -0.3 is 0 Å². The maximum Gasteiger partial charge on any atom is -0.0259 e. The van der Waals surface area contributed by atoms with Crippen LogP contribution in [0, 0.1) is 11.3 Å². The fourth-order valence-corrected chi connectivity index (χ4v) is 2.25. The summed E-state index contributed by atoms with van der Waals surface area (Å²) in [7, 11) is 0. The van der Waals surface area contributed by atoms with E-state index in [2.05, 4.69) is 52.5 Å². The van der Waals surface area contributed by atoms with Gasteiger partial charge in [-0.15, -0.1) is 6.58 Å². The van der Waals surface area contributed by atoms with Crippen molar-refractivity contribution in [3.8, 4) is 0 Å². The Morgan fingerprint density at radius 3 is 2.41 bits per heavy atom. The van der Waals surface area contributed by atoms with Crippen LogP contribution < -0.4 is 0 Å². The van der Waals surface area contributed by atoms with Crippen LogP contribution in [0.4, 0.5) is 0 Å². The van der Waals surface area contributed by atoms with Crippen molar-refractivity contribution in [2.24, 2.45) is 11.3 Å². The van der Waals surface area contributed by atoms with Gasteiger partial charge in [-0.05, 0) is 37.0 Å². The Morgan fingerprint density at radius 2 is 1.82 bits per heavy atom. The van der Waals surface area contributed by atoms with Crippen LogP contribution in [-0.4, -0.2) is 0 Å². The van der Waals surface area contributed by atoms with E-state index in [4.69, 9.17) is 0 Å². The fourth-order valence-electron chi connectivity index (χ4n) is 2.25. The minimum absolute atomic E-state index is 0.410. The first kappa shape index (κ1) is 16.5. The van der Waals surface area contributed by atoms with Crippen LogP contribution in [0.15, 0.2) is 24.8 Å². The molecule has 0 aromatic carbocycles. The van der Waals surface area contributed by atoms with E-state index in [9.17, 15) is 0 Å². The van der Waals surface area contributed by atoms with Crippen LogP contribution in [0.3, 0.4) is 0 Å². The standard InChI is InChI=1S/C17H32/c1-6-8-9-10-11-12-13-14-17(4,5)15-16(3)7-2/h7,12-13,16H,2,6,8-11,14-15H2,1,3-5H3. The Kier molecular flexibility index (Phi) is 9.21. The highest BCUT2D eigenvalue weighted by Crippen LogP contribution is 2.30. The van der Waals surface area contributed by atoms with Crippen molar-refractivity contribution in [1.29, 1.82) is 0 Å². The van der Waals surface area contributed by atoms with E-state index in [-0.39, 0.29) is 0 Å². The third-order valence-corrected chi connectivity index (χ3v) is 3.34. The molecule has 1 atom stereocenters. The number of hydrogen-bond acceptors (Lipinski definition) is 0. The molecule has 0 aliphatic carbocycles. The molecule has 0 fully saturated rings. The summed E-state index contributed by atoms with van der Waals surface area (Å²) in [4.78, 5) is 0. The van der Waals surface area contributed by atoms with Crippen molar-refractivity contribution in [2.75, 3.05) is 0 Å². The molecule has 0 aliphatic rings. The highest BCUT2D eigenvalue weighted by atomic mass is 14.2. The first-order valence-electron chi connectivity index (χ1n) is 7.29. The molecule has 0 bridgehead atoms. The third kappa shape index (κ3) is 10.4. The molecular weight excluding hydrogens is 204 g/mol. The molecule has 0 heteroatoms. The second-order valence-corrected chi connectivity index (χ2v) is 6.11. The van der Waals surface area contributed by atoms with Crippen LogP contribution >= 0.6 is 0 Å². The fraction of sp³-hybridized carbons (Fsp3) is 0.765. The van der Waals surface area contributed by atoms with Gasteiger partial charge in [0.1, 0.15) is 0 Å². The second-order valence-electron chi connectivity index (χ2n) is 6.11. The Bertz CT molecular complexity index is 210. The lowest BCUT2D eigenvalue weighted by atomic mass is 9.80. The van der Waals surface area contributed by atoms with Crippen LogP contribution in [0.25, 0.3) is 0 Å². The largest absolute Gasteiger partial charge is 0.103 e. The minimum Gasteiger partial charge on any atom is -0.103 e. The molecule has 0 nitrogen and oxygen atoms in total. The monoisotopic (exact) mass is 236 g/mol. The molecule has 1 unspecified atom stereocenters. The topological polar surface area (TPSA) is 0 Å². The van der Waals surface area contributed by atoms with Gasteiger partial charge in [-0.1, -0.05) is 65.2 Å². The third-order valence-electron chi connectivity index (χ3n) is 3.34. The molecule has 0 rings (SSSR count). The molecule has 0 aliphatic heterocycles. The van der Waals surface area contributed by atoms with Gasteiger partial charge in [0.2, 0.25) is 0 Å². The quantitative estimate of drug-likeness (QED) is 0.315. The van der Waals surface area contributed by atoms with Crippen LogP contribution in [0.5, 0.6) is 0 Å². The normalized spacial score (nSPS) is 14.1. The lowest BCUT2D eigenvalue weighted by molar-refractivity contribution is 0.304. The molecule has 0 radical (unpaired) electrons. The predicted molar refractivity (Wildman–Crippen MR) is 80.3 cm³/mol. The summed E-state index contributed by atoms with van der Waals surface area (Å²) in [5.74, 6) is 0.628. The van der Waals surface area contributed by atoms with Crippen molar-refractivity contribution in [2.45, 2.75) is 72.6 Å².